The zero-order valence-corrected chi connectivity index (χ0v) is 25.0. The Morgan fingerprint density at radius 3 is 1.39 bits per heavy atom. The standard InChI is InChI=1S/C37H32O9/c1-3-24-37(46-36(41)29-22-14-7-15-23-29)32(44-35(40)28-20-12-6-13-21-28)31(43-34(39)27-18-10-5-11-19-27)30(25(2)45-37)42-33(38)26-16-8-4-9-17-26/h3-23,25,30-32H,1,24H2,2H3/t25-,30+,31+,32-,37-/m0/s1. The summed E-state index contributed by atoms with van der Waals surface area (Å²) in [6, 6.07) is 32.7. The van der Waals surface area contributed by atoms with Crippen LogP contribution in [0.2, 0.25) is 0 Å². The van der Waals surface area contributed by atoms with Crippen molar-refractivity contribution in [2.75, 3.05) is 0 Å². The van der Waals surface area contributed by atoms with Gasteiger partial charge in [-0.05, 0) is 55.5 Å². The first kappa shape index (κ1) is 31.9. The third kappa shape index (κ3) is 7.22. The molecule has 1 saturated heterocycles. The molecule has 4 aromatic rings. The van der Waals surface area contributed by atoms with Crippen molar-refractivity contribution >= 4 is 23.9 Å². The van der Waals surface area contributed by atoms with Crippen LogP contribution in [0.4, 0.5) is 0 Å². The first-order valence-corrected chi connectivity index (χ1v) is 14.7. The summed E-state index contributed by atoms with van der Waals surface area (Å²) in [4.78, 5) is 54.0. The molecule has 1 fully saturated rings. The second-order valence-electron chi connectivity index (χ2n) is 10.5. The van der Waals surface area contributed by atoms with E-state index in [9.17, 15) is 19.2 Å². The minimum Gasteiger partial charge on any atom is -0.452 e. The van der Waals surface area contributed by atoms with Gasteiger partial charge in [0, 0.05) is 6.42 Å². The van der Waals surface area contributed by atoms with Crippen molar-refractivity contribution in [3.05, 3.63) is 156 Å². The number of carbonyl (C=O) groups is 4. The number of rotatable bonds is 10. The van der Waals surface area contributed by atoms with Crippen molar-refractivity contribution in [1.82, 2.24) is 0 Å². The lowest BCUT2D eigenvalue weighted by molar-refractivity contribution is -0.335. The summed E-state index contributed by atoms with van der Waals surface area (Å²) < 4.78 is 30.4. The molecule has 5 rings (SSSR count). The lowest BCUT2D eigenvalue weighted by Crippen LogP contribution is -2.68. The van der Waals surface area contributed by atoms with Gasteiger partial charge < -0.3 is 23.7 Å². The van der Waals surface area contributed by atoms with Crippen LogP contribution < -0.4 is 0 Å². The van der Waals surface area contributed by atoms with E-state index in [0.29, 0.717) is 0 Å². The van der Waals surface area contributed by atoms with E-state index in [2.05, 4.69) is 6.58 Å². The van der Waals surface area contributed by atoms with Crippen LogP contribution in [-0.2, 0) is 23.7 Å². The van der Waals surface area contributed by atoms with Gasteiger partial charge in [0.1, 0.15) is 6.10 Å². The molecule has 0 N–H and O–H groups in total. The van der Waals surface area contributed by atoms with Crippen LogP contribution in [-0.4, -0.2) is 54.1 Å². The molecule has 0 aliphatic carbocycles. The molecule has 1 aliphatic heterocycles. The van der Waals surface area contributed by atoms with Gasteiger partial charge in [-0.15, -0.1) is 6.58 Å². The predicted octanol–water partition coefficient (Wildman–Crippen LogP) is 6.21. The van der Waals surface area contributed by atoms with Crippen molar-refractivity contribution in [2.45, 2.75) is 43.5 Å². The van der Waals surface area contributed by atoms with Gasteiger partial charge in [-0.1, -0.05) is 78.9 Å². The Hall–Kier alpha value is -5.54. The minimum absolute atomic E-state index is 0.175. The van der Waals surface area contributed by atoms with E-state index < -0.39 is 54.1 Å². The van der Waals surface area contributed by atoms with Crippen molar-refractivity contribution in [2.24, 2.45) is 0 Å². The fourth-order valence-corrected chi connectivity index (χ4v) is 5.16. The van der Waals surface area contributed by atoms with Gasteiger partial charge in [0.15, 0.2) is 12.2 Å². The second kappa shape index (κ2) is 14.5. The highest BCUT2D eigenvalue weighted by molar-refractivity contribution is 5.92. The SMILES string of the molecule is C=CC[C@@]1(OC(=O)c2ccccc2)O[C@@H](C)[C@@H](OC(=O)c2ccccc2)[C@@H](OC(=O)c2ccccc2)[C@@H]1OC(=O)c1ccccc1. The molecule has 0 unspecified atom stereocenters. The lowest BCUT2D eigenvalue weighted by atomic mass is 9.89. The molecule has 234 valence electrons. The number of esters is 4. The highest BCUT2D eigenvalue weighted by Gasteiger charge is 2.61. The van der Waals surface area contributed by atoms with Crippen LogP contribution in [0.25, 0.3) is 0 Å². The number of hydrogen-bond acceptors (Lipinski definition) is 9. The molecule has 1 aliphatic rings. The molecule has 0 saturated carbocycles. The Kier molecular flexibility index (Phi) is 10.0. The topological polar surface area (TPSA) is 114 Å². The molecule has 0 aromatic heterocycles. The smallest absolute Gasteiger partial charge is 0.340 e. The molecule has 9 nitrogen and oxygen atoms in total. The molecule has 0 spiro atoms. The molecule has 0 bridgehead atoms. The van der Waals surface area contributed by atoms with Gasteiger partial charge in [0.05, 0.1) is 22.3 Å². The molecule has 9 heteroatoms. The van der Waals surface area contributed by atoms with Crippen molar-refractivity contribution < 1.29 is 42.9 Å². The van der Waals surface area contributed by atoms with E-state index >= 15 is 0 Å². The Morgan fingerprint density at radius 2 is 0.978 bits per heavy atom. The molecular weight excluding hydrogens is 588 g/mol. The Morgan fingerprint density at radius 1 is 0.609 bits per heavy atom. The van der Waals surface area contributed by atoms with E-state index in [1.807, 2.05) is 0 Å². The van der Waals surface area contributed by atoms with Gasteiger partial charge in [-0.3, -0.25) is 0 Å². The first-order chi connectivity index (χ1) is 22.3. The molecule has 46 heavy (non-hydrogen) atoms. The van der Waals surface area contributed by atoms with Crippen LogP contribution in [0.5, 0.6) is 0 Å². The third-order valence-electron chi connectivity index (χ3n) is 7.36. The minimum atomic E-state index is -2.05. The van der Waals surface area contributed by atoms with Gasteiger partial charge in [0.2, 0.25) is 6.10 Å². The number of hydrogen-bond donors (Lipinski definition) is 0. The largest absolute Gasteiger partial charge is 0.452 e. The van der Waals surface area contributed by atoms with E-state index in [0.717, 1.165) is 0 Å². The molecule has 1 heterocycles. The first-order valence-electron chi connectivity index (χ1n) is 14.7. The van der Waals surface area contributed by atoms with Crippen LogP contribution in [0.3, 0.4) is 0 Å². The van der Waals surface area contributed by atoms with E-state index in [-0.39, 0.29) is 28.7 Å². The summed E-state index contributed by atoms with van der Waals surface area (Å²) in [5, 5.41) is 0. The fraction of sp³-hybridized carbons (Fsp3) is 0.189. The molecule has 4 aromatic carbocycles. The maximum atomic E-state index is 13.6. The van der Waals surface area contributed by atoms with Crippen LogP contribution in [0.15, 0.2) is 134 Å². The molecular formula is C37H32O9. The summed E-state index contributed by atoms with van der Waals surface area (Å²) in [7, 11) is 0. The van der Waals surface area contributed by atoms with E-state index in [4.69, 9.17) is 23.7 Å². The van der Waals surface area contributed by atoms with E-state index in [1.165, 1.54) is 18.2 Å². The highest BCUT2D eigenvalue weighted by Crippen LogP contribution is 2.40. The Bertz CT molecular complexity index is 1660. The van der Waals surface area contributed by atoms with Crippen molar-refractivity contribution in [3.63, 3.8) is 0 Å². The average molecular weight is 621 g/mol. The predicted molar refractivity (Wildman–Crippen MR) is 167 cm³/mol. The molecule has 5 atom stereocenters. The molecule has 0 amide bonds. The van der Waals surface area contributed by atoms with Gasteiger partial charge in [0.25, 0.3) is 5.79 Å². The van der Waals surface area contributed by atoms with Crippen molar-refractivity contribution in [1.29, 1.82) is 0 Å². The normalized spacial score (nSPS) is 22.1. The fourth-order valence-electron chi connectivity index (χ4n) is 5.16. The number of ether oxygens (including phenoxy) is 5. The lowest BCUT2D eigenvalue weighted by Gasteiger charge is -2.49. The second-order valence-corrected chi connectivity index (χ2v) is 10.5. The van der Waals surface area contributed by atoms with Crippen LogP contribution >= 0.6 is 0 Å². The monoisotopic (exact) mass is 620 g/mol. The van der Waals surface area contributed by atoms with E-state index in [1.54, 1.807) is 116 Å². The third-order valence-corrected chi connectivity index (χ3v) is 7.36. The summed E-state index contributed by atoms with van der Waals surface area (Å²) in [6.07, 6.45) is -4.20. The van der Waals surface area contributed by atoms with Gasteiger partial charge >= 0.3 is 23.9 Å². The highest BCUT2D eigenvalue weighted by atomic mass is 16.8. The summed E-state index contributed by atoms with van der Waals surface area (Å²) in [5.41, 5.74) is 0.803. The number of benzene rings is 4. The quantitative estimate of drug-likeness (QED) is 0.116. The van der Waals surface area contributed by atoms with Gasteiger partial charge in [-0.2, -0.15) is 0 Å². The zero-order valence-electron chi connectivity index (χ0n) is 25.0. The summed E-state index contributed by atoms with van der Waals surface area (Å²) in [5.74, 6) is -5.17. The average Bonchev–Trinajstić information content (AvgIpc) is 3.09. The maximum Gasteiger partial charge on any atom is 0.340 e. The number of carbonyl (C=O) groups excluding carboxylic acids is 4. The van der Waals surface area contributed by atoms with Gasteiger partial charge in [-0.25, -0.2) is 19.2 Å². The summed E-state index contributed by atoms with van der Waals surface area (Å²) in [6.45, 7) is 5.39. The van der Waals surface area contributed by atoms with Crippen molar-refractivity contribution in [3.8, 4) is 0 Å². The Balaban J connectivity index is 1.61. The molecule has 0 radical (unpaired) electrons. The van der Waals surface area contributed by atoms with Crippen LogP contribution in [0.1, 0.15) is 54.8 Å². The Labute approximate surface area is 266 Å². The zero-order chi connectivity index (χ0) is 32.5. The maximum absolute atomic E-state index is 13.6. The summed E-state index contributed by atoms with van der Waals surface area (Å²) >= 11 is 0. The van der Waals surface area contributed by atoms with Crippen LogP contribution in [0, 0.1) is 0 Å².